The molecule has 2 rings (SSSR count). The molecule has 14 heavy (non-hydrogen) atoms. The molecule has 1 heterocycles. The van der Waals surface area contributed by atoms with E-state index in [0.717, 1.165) is 5.56 Å². The second-order valence-electron chi connectivity index (χ2n) is 3.28. The van der Waals surface area contributed by atoms with Crippen LogP contribution in [-0.4, -0.2) is 17.5 Å². The van der Waals surface area contributed by atoms with Gasteiger partial charge in [-0.25, -0.2) is 0 Å². The van der Waals surface area contributed by atoms with Gasteiger partial charge in [-0.3, -0.25) is 4.79 Å². The Bertz CT molecular complexity index is 419. The van der Waals surface area contributed by atoms with Gasteiger partial charge in [-0.15, -0.1) is 0 Å². The standard InChI is InChI=1S/C11H10O3/c1-7-2-3-9-10(13)5-8(12)6-14-11(9)4-7/h2-5,13H,6H2,1H3. The molecule has 0 amide bonds. The number of carbonyl (C=O) groups excluding carboxylic acids is 1. The molecule has 0 radical (unpaired) electrons. The fourth-order valence-corrected chi connectivity index (χ4v) is 1.38. The molecule has 0 saturated heterocycles. The highest BCUT2D eigenvalue weighted by molar-refractivity contribution is 5.97. The molecule has 0 saturated carbocycles. The maximum Gasteiger partial charge on any atom is 0.196 e. The van der Waals surface area contributed by atoms with Gasteiger partial charge in [-0.1, -0.05) is 6.07 Å². The zero-order chi connectivity index (χ0) is 10.1. The van der Waals surface area contributed by atoms with E-state index in [4.69, 9.17) is 4.74 Å². The second-order valence-corrected chi connectivity index (χ2v) is 3.28. The number of carbonyl (C=O) groups is 1. The van der Waals surface area contributed by atoms with Crippen LogP contribution in [0.25, 0.3) is 5.76 Å². The molecule has 72 valence electrons. The van der Waals surface area contributed by atoms with E-state index in [-0.39, 0.29) is 18.1 Å². The first-order valence-electron chi connectivity index (χ1n) is 4.34. The lowest BCUT2D eigenvalue weighted by molar-refractivity contribution is -0.116. The molecule has 1 N–H and O–H groups in total. The minimum absolute atomic E-state index is 0.0134. The molecule has 3 heteroatoms. The quantitative estimate of drug-likeness (QED) is 0.679. The van der Waals surface area contributed by atoms with Crippen molar-refractivity contribution in [2.45, 2.75) is 6.92 Å². The summed E-state index contributed by atoms with van der Waals surface area (Å²) in [4.78, 5) is 11.1. The second kappa shape index (κ2) is 3.18. The SMILES string of the molecule is Cc1ccc2c(c1)OCC(=O)C=C2O. The van der Waals surface area contributed by atoms with Crippen molar-refractivity contribution < 1.29 is 14.6 Å². The molecule has 0 atom stereocenters. The Labute approximate surface area is 81.6 Å². The van der Waals surface area contributed by atoms with Crippen molar-refractivity contribution in [2.24, 2.45) is 0 Å². The number of ether oxygens (including phenoxy) is 1. The Hall–Kier alpha value is -1.77. The van der Waals surface area contributed by atoms with Crippen molar-refractivity contribution in [3.05, 3.63) is 35.4 Å². The van der Waals surface area contributed by atoms with Crippen LogP contribution in [0.2, 0.25) is 0 Å². The number of fused-ring (bicyclic) bond motifs is 1. The maximum atomic E-state index is 11.1. The van der Waals surface area contributed by atoms with Crippen LogP contribution in [-0.2, 0) is 4.79 Å². The molecule has 0 aromatic heterocycles. The van der Waals surface area contributed by atoms with Gasteiger partial charge in [0.05, 0.1) is 5.56 Å². The van der Waals surface area contributed by atoms with Crippen LogP contribution < -0.4 is 4.74 Å². The molecule has 1 aliphatic heterocycles. The molecule has 0 unspecified atom stereocenters. The van der Waals surface area contributed by atoms with Crippen LogP contribution in [0.3, 0.4) is 0 Å². The van der Waals surface area contributed by atoms with E-state index in [2.05, 4.69) is 0 Å². The lowest BCUT2D eigenvalue weighted by Crippen LogP contribution is -2.06. The highest BCUT2D eigenvalue weighted by Gasteiger charge is 2.15. The van der Waals surface area contributed by atoms with E-state index >= 15 is 0 Å². The van der Waals surface area contributed by atoms with Crippen LogP contribution >= 0.6 is 0 Å². The summed E-state index contributed by atoms with van der Waals surface area (Å²) in [5.74, 6) is 0.309. The van der Waals surface area contributed by atoms with Gasteiger partial charge in [0.1, 0.15) is 11.5 Å². The number of ketones is 1. The van der Waals surface area contributed by atoms with Crippen molar-refractivity contribution in [2.75, 3.05) is 6.61 Å². The number of hydrogen-bond acceptors (Lipinski definition) is 3. The first kappa shape index (κ1) is 8.81. The van der Waals surface area contributed by atoms with Gasteiger partial charge in [0.2, 0.25) is 0 Å². The van der Waals surface area contributed by atoms with E-state index in [9.17, 15) is 9.90 Å². The third-order valence-corrected chi connectivity index (χ3v) is 2.08. The summed E-state index contributed by atoms with van der Waals surface area (Å²) in [5, 5.41) is 9.56. The van der Waals surface area contributed by atoms with Gasteiger partial charge in [0.25, 0.3) is 0 Å². The first-order valence-corrected chi connectivity index (χ1v) is 4.34. The predicted octanol–water partition coefficient (Wildman–Crippen LogP) is 1.86. The lowest BCUT2D eigenvalue weighted by atomic mass is 10.1. The Morgan fingerprint density at radius 3 is 3.00 bits per heavy atom. The van der Waals surface area contributed by atoms with Gasteiger partial charge in [-0.2, -0.15) is 0 Å². The van der Waals surface area contributed by atoms with Gasteiger partial charge >= 0.3 is 0 Å². The third kappa shape index (κ3) is 1.48. The predicted molar refractivity (Wildman–Crippen MR) is 52.3 cm³/mol. The van der Waals surface area contributed by atoms with E-state index in [0.29, 0.717) is 11.3 Å². The summed E-state index contributed by atoms with van der Waals surface area (Å²) in [5.41, 5.74) is 1.60. The van der Waals surface area contributed by atoms with E-state index in [1.165, 1.54) is 6.08 Å². The molecular formula is C11H10O3. The Morgan fingerprint density at radius 2 is 2.21 bits per heavy atom. The van der Waals surface area contributed by atoms with Crippen LogP contribution in [0, 0.1) is 6.92 Å². The Morgan fingerprint density at radius 1 is 1.43 bits per heavy atom. The molecule has 0 fully saturated rings. The van der Waals surface area contributed by atoms with Crippen LogP contribution in [0.1, 0.15) is 11.1 Å². The number of aliphatic hydroxyl groups is 1. The average molecular weight is 190 g/mol. The van der Waals surface area contributed by atoms with Crippen molar-refractivity contribution >= 4 is 11.5 Å². The highest BCUT2D eigenvalue weighted by atomic mass is 16.5. The van der Waals surface area contributed by atoms with Crippen molar-refractivity contribution in [3.63, 3.8) is 0 Å². The molecule has 0 bridgehead atoms. The third-order valence-electron chi connectivity index (χ3n) is 2.08. The van der Waals surface area contributed by atoms with Gasteiger partial charge in [-0.05, 0) is 24.6 Å². The Kier molecular flexibility index (Phi) is 2.00. The number of hydrogen-bond donors (Lipinski definition) is 1. The minimum Gasteiger partial charge on any atom is -0.507 e. The van der Waals surface area contributed by atoms with Crippen LogP contribution in [0.4, 0.5) is 0 Å². The van der Waals surface area contributed by atoms with Gasteiger partial charge < -0.3 is 9.84 Å². The summed E-state index contributed by atoms with van der Waals surface area (Å²) >= 11 is 0. The normalized spacial score (nSPS) is 15.2. The zero-order valence-electron chi connectivity index (χ0n) is 7.78. The average Bonchev–Trinajstić information content (AvgIpc) is 2.26. The Balaban J connectivity index is 2.55. The topological polar surface area (TPSA) is 46.5 Å². The van der Waals surface area contributed by atoms with E-state index < -0.39 is 0 Å². The molecule has 3 nitrogen and oxygen atoms in total. The molecule has 1 aromatic rings. The van der Waals surface area contributed by atoms with Crippen molar-refractivity contribution in [1.82, 2.24) is 0 Å². The number of benzene rings is 1. The number of aliphatic hydroxyl groups excluding tert-OH is 1. The van der Waals surface area contributed by atoms with Gasteiger partial charge in [0, 0.05) is 6.08 Å². The summed E-state index contributed by atoms with van der Waals surface area (Å²) in [7, 11) is 0. The molecule has 1 aromatic carbocycles. The van der Waals surface area contributed by atoms with Crippen molar-refractivity contribution in [1.29, 1.82) is 0 Å². The van der Waals surface area contributed by atoms with E-state index in [1.807, 2.05) is 13.0 Å². The van der Waals surface area contributed by atoms with E-state index in [1.54, 1.807) is 12.1 Å². The summed E-state index contributed by atoms with van der Waals surface area (Å²) in [6.07, 6.45) is 1.20. The maximum absolute atomic E-state index is 11.1. The van der Waals surface area contributed by atoms with Crippen LogP contribution in [0.5, 0.6) is 5.75 Å². The zero-order valence-corrected chi connectivity index (χ0v) is 7.78. The largest absolute Gasteiger partial charge is 0.507 e. The monoisotopic (exact) mass is 190 g/mol. The number of aryl methyl sites for hydroxylation is 1. The molecule has 1 aliphatic rings. The van der Waals surface area contributed by atoms with Crippen LogP contribution in [0.15, 0.2) is 24.3 Å². The summed E-state index contributed by atoms with van der Waals surface area (Å²) in [6, 6.07) is 5.41. The summed E-state index contributed by atoms with van der Waals surface area (Å²) < 4.78 is 5.25. The smallest absolute Gasteiger partial charge is 0.196 e. The first-order chi connectivity index (χ1) is 6.66. The molecular weight excluding hydrogens is 180 g/mol. The molecule has 0 spiro atoms. The minimum atomic E-state index is -0.226. The lowest BCUT2D eigenvalue weighted by Gasteiger charge is -2.07. The fourth-order valence-electron chi connectivity index (χ4n) is 1.38. The molecule has 0 aliphatic carbocycles. The highest BCUT2D eigenvalue weighted by Crippen LogP contribution is 2.27. The van der Waals surface area contributed by atoms with Crippen molar-refractivity contribution in [3.8, 4) is 5.75 Å². The van der Waals surface area contributed by atoms with Gasteiger partial charge in [0.15, 0.2) is 12.4 Å². The summed E-state index contributed by atoms with van der Waals surface area (Å²) in [6.45, 7) is 1.91. The number of rotatable bonds is 0. The fraction of sp³-hybridized carbons (Fsp3) is 0.182.